The molecule has 0 aromatic heterocycles. The number of carbonyl (C=O) groups is 3. The van der Waals surface area contributed by atoms with Crippen LogP contribution in [-0.4, -0.2) is 59.8 Å². The summed E-state index contributed by atoms with van der Waals surface area (Å²) in [5.74, 6) is -7.78. The molecule has 12 heteroatoms. The van der Waals surface area contributed by atoms with E-state index in [2.05, 4.69) is 19.6 Å². The average molecular weight is 355 g/mol. The summed E-state index contributed by atoms with van der Waals surface area (Å²) in [5, 5.41) is 9.41. The molecule has 0 aromatic rings. The van der Waals surface area contributed by atoms with E-state index in [9.17, 15) is 28.3 Å². The lowest BCUT2D eigenvalue weighted by Crippen LogP contribution is -2.48. The molecule has 2 atom stereocenters. The van der Waals surface area contributed by atoms with Gasteiger partial charge in [0.15, 0.2) is 6.29 Å². The highest BCUT2D eigenvalue weighted by Crippen LogP contribution is 2.22. The molecule has 0 spiro atoms. The first-order valence-corrected chi connectivity index (χ1v) is 6.18. The highest BCUT2D eigenvalue weighted by Gasteiger charge is 2.47. The fourth-order valence-electron chi connectivity index (χ4n) is 0.859. The van der Waals surface area contributed by atoms with Crippen molar-refractivity contribution in [3.8, 4) is 0 Å². The Labute approximate surface area is 126 Å². The average Bonchev–Trinajstić information content (AvgIpc) is 2.46. The van der Waals surface area contributed by atoms with Crippen molar-refractivity contribution in [3.05, 3.63) is 0 Å². The van der Waals surface area contributed by atoms with Gasteiger partial charge in [0.25, 0.3) is 0 Å². The van der Waals surface area contributed by atoms with Gasteiger partial charge in [-0.2, -0.15) is 18.6 Å². The fraction of sp³-hybridized carbons (Fsp3) is 0.667. The second-order valence-corrected chi connectivity index (χ2v) is 3.87. The second kappa shape index (κ2) is 9.79. The van der Waals surface area contributed by atoms with Crippen molar-refractivity contribution >= 4 is 41.4 Å². The Kier molecular flexibility index (Phi) is 9.29. The topological polar surface area (TPSA) is 108 Å². The van der Waals surface area contributed by atoms with E-state index in [1.807, 2.05) is 0 Å². The summed E-state index contributed by atoms with van der Waals surface area (Å²) in [4.78, 5) is 47.5. The summed E-state index contributed by atoms with van der Waals surface area (Å²) in [6, 6.07) is 0. The Balaban J connectivity index is 4.60. The van der Waals surface area contributed by atoms with Gasteiger partial charge in [-0.1, -0.05) is 0 Å². The van der Waals surface area contributed by atoms with Gasteiger partial charge >= 0.3 is 17.9 Å². The van der Waals surface area contributed by atoms with Crippen LogP contribution in [-0.2, 0) is 33.9 Å². The van der Waals surface area contributed by atoms with Gasteiger partial charge in [-0.3, -0.25) is 14.6 Å². The van der Waals surface area contributed by atoms with Gasteiger partial charge in [0.05, 0.1) is 0 Å². The molecule has 122 valence electrons. The van der Waals surface area contributed by atoms with Crippen LogP contribution in [0.15, 0.2) is 0 Å². The number of rotatable bonds is 10. The molecule has 0 aliphatic heterocycles. The minimum Gasteiger partial charge on any atom is -0.387 e. The SMILES string of the molecule is O=CC(F)(F)[C@H](OOC(=O)CCl)[C@H](O)COOC(=O)CCl. The molecule has 21 heavy (non-hydrogen) atoms. The fourth-order valence-corrected chi connectivity index (χ4v) is 0.948. The number of hydrogen-bond acceptors (Lipinski definition) is 8. The molecule has 0 aromatic carbocycles. The number of alkyl halides is 4. The minimum absolute atomic E-state index is 0.576. The number of hydrogen-bond donors (Lipinski definition) is 1. The predicted molar refractivity (Wildman–Crippen MR) is 61.5 cm³/mol. The zero-order valence-electron chi connectivity index (χ0n) is 10.2. The number of aldehydes is 1. The Morgan fingerprint density at radius 1 is 1.19 bits per heavy atom. The largest absolute Gasteiger partial charge is 0.387 e. The van der Waals surface area contributed by atoms with Crippen LogP contribution in [0.1, 0.15) is 0 Å². The first-order chi connectivity index (χ1) is 9.78. The van der Waals surface area contributed by atoms with Gasteiger partial charge in [0.2, 0.25) is 6.10 Å². The maximum Gasteiger partial charge on any atom is 0.356 e. The van der Waals surface area contributed by atoms with E-state index < -0.39 is 54.7 Å². The van der Waals surface area contributed by atoms with Crippen molar-refractivity contribution in [1.82, 2.24) is 0 Å². The van der Waals surface area contributed by atoms with Gasteiger partial charge in [-0.05, 0) is 0 Å². The predicted octanol–water partition coefficient (Wildman–Crippen LogP) is -0.0227. The normalized spacial score (nSPS) is 14.1. The molecule has 0 saturated carbocycles. The Morgan fingerprint density at radius 2 is 1.71 bits per heavy atom. The smallest absolute Gasteiger partial charge is 0.356 e. The second-order valence-electron chi connectivity index (χ2n) is 3.34. The van der Waals surface area contributed by atoms with E-state index in [1.54, 1.807) is 0 Å². The van der Waals surface area contributed by atoms with Gasteiger partial charge in [0.1, 0.15) is 24.5 Å². The van der Waals surface area contributed by atoms with E-state index >= 15 is 0 Å². The van der Waals surface area contributed by atoms with E-state index in [-0.39, 0.29) is 0 Å². The first kappa shape index (κ1) is 19.9. The van der Waals surface area contributed by atoms with E-state index in [0.717, 1.165) is 0 Å². The summed E-state index contributed by atoms with van der Waals surface area (Å²) in [6.45, 7) is -1.00. The number of halogens is 4. The molecular formula is C9H10Cl2F2O8. The lowest BCUT2D eigenvalue weighted by molar-refractivity contribution is -0.352. The van der Waals surface area contributed by atoms with Crippen LogP contribution >= 0.6 is 23.2 Å². The van der Waals surface area contributed by atoms with Crippen LogP contribution in [0.2, 0.25) is 0 Å². The molecule has 0 aliphatic carbocycles. The molecule has 0 rings (SSSR count). The van der Waals surface area contributed by atoms with Gasteiger partial charge in [0, 0.05) is 0 Å². The summed E-state index contributed by atoms with van der Waals surface area (Å²) in [5.41, 5.74) is 0. The van der Waals surface area contributed by atoms with Crippen molar-refractivity contribution in [2.24, 2.45) is 0 Å². The Hall–Kier alpha value is -1.07. The molecule has 0 saturated heterocycles. The van der Waals surface area contributed by atoms with E-state index in [4.69, 9.17) is 23.2 Å². The van der Waals surface area contributed by atoms with Crippen LogP contribution in [0, 0.1) is 0 Å². The molecule has 1 N–H and O–H groups in total. The van der Waals surface area contributed by atoms with Crippen LogP contribution in [0.3, 0.4) is 0 Å². The monoisotopic (exact) mass is 354 g/mol. The number of aliphatic hydroxyl groups excluding tert-OH is 1. The quantitative estimate of drug-likeness (QED) is 0.252. The number of aliphatic hydroxyl groups is 1. The van der Waals surface area contributed by atoms with Gasteiger partial charge in [-0.15, -0.1) is 23.2 Å². The maximum absolute atomic E-state index is 13.2. The third-order valence-electron chi connectivity index (χ3n) is 1.74. The molecule has 0 aliphatic rings. The van der Waals surface area contributed by atoms with E-state index in [1.165, 1.54) is 0 Å². The Morgan fingerprint density at radius 3 is 2.19 bits per heavy atom. The third-order valence-corrected chi connectivity index (χ3v) is 2.18. The minimum atomic E-state index is -4.22. The van der Waals surface area contributed by atoms with Crippen LogP contribution in [0.5, 0.6) is 0 Å². The molecule has 0 bridgehead atoms. The lowest BCUT2D eigenvalue weighted by atomic mass is 10.1. The summed E-state index contributed by atoms with van der Waals surface area (Å²) >= 11 is 10.1. The van der Waals surface area contributed by atoms with Crippen LogP contribution < -0.4 is 0 Å². The summed E-state index contributed by atoms with van der Waals surface area (Å²) < 4.78 is 26.4. The van der Waals surface area contributed by atoms with Crippen molar-refractivity contribution in [2.45, 2.75) is 18.1 Å². The molecule has 0 unspecified atom stereocenters. The zero-order valence-corrected chi connectivity index (χ0v) is 11.7. The molecule has 0 radical (unpaired) electrons. The van der Waals surface area contributed by atoms with E-state index in [0.29, 0.717) is 0 Å². The highest BCUT2D eigenvalue weighted by atomic mass is 35.5. The molecule has 0 fully saturated rings. The summed E-state index contributed by atoms with van der Waals surface area (Å²) in [7, 11) is 0. The van der Waals surface area contributed by atoms with Crippen LogP contribution in [0.25, 0.3) is 0 Å². The third kappa shape index (κ3) is 7.48. The molecular weight excluding hydrogens is 345 g/mol. The van der Waals surface area contributed by atoms with Gasteiger partial charge in [-0.25, -0.2) is 9.59 Å². The van der Waals surface area contributed by atoms with Gasteiger partial charge < -0.3 is 5.11 Å². The molecule has 0 amide bonds. The lowest BCUT2D eigenvalue weighted by Gasteiger charge is -2.24. The first-order valence-electron chi connectivity index (χ1n) is 5.11. The van der Waals surface area contributed by atoms with Crippen molar-refractivity contribution in [1.29, 1.82) is 0 Å². The molecule has 0 heterocycles. The number of carbonyl (C=O) groups excluding carboxylic acids is 3. The Bertz CT molecular complexity index is 368. The van der Waals surface area contributed by atoms with Crippen LogP contribution in [0.4, 0.5) is 8.78 Å². The molecule has 8 nitrogen and oxygen atoms in total. The van der Waals surface area contributed by atoms with Crippen molar-refractivity contribution in [3.63, 3.8) is 0 Å². The summed E-state index contributed by atoms with van der Waals surface area (Å²) in [6.07, 6.45) is -5.62. The standard InChI is InChI=1S/C9H10Cl2F2O8/c10-1-6(16)19-18-3-5(15)8(9(12,13)4-14)21-20-7(17)2-11/h4-5,8,15H,1-3H2/t5-,8-/m1/s1. The highest BCUT2D eigenvalue weighted by molar-refractivity contribution is 6.26. The van der Waals surface area contributed by atoms with Crippen molar-refractivity contribution < 1.29 is 47.8 Å². The van der Waals surface area contributed by atoms with Crippen molar-refractivity contribution in [2.75, 3.05) is 18.4 Å². The zero-order chi connectivity index (χ0) is 16.5. The maximum atomic E-state index is 13.2.